The van der Waals surface area contributed by atoms with Crippen LogP contribution < -0.4 is 0 Å². The van der Waals surface area contributed by atoms with E-state index in [4.69, 9.17) is 0 Å². The lowest BCUT2D eigenvalue weighted by Crippen LogP contribution is -1.74. The fourth-order valence-electron chi connectivity index (χ4n) is 1.08. The first-order valence-electron chi connectivity index (χ1n) is 3.36. The van der Waals surface area contributed by atoms with Crippen molar-refractivity contribution in [2.75, 3.05) is 0 Å². The van der Waals surface area contributed by atoms with Gasteiger partial charge in [-0.2, -0.15) is 0 Å². The van der Waals surface area contributed by atoms with Crippen LogP contribution in [0, 0.1) is 0 Å². The van der Waals surface area contributed by atoms with Gasteiger partial charge in [-0.05, 0) is 17.5 Å². The predicted molar refractivity (Wildman–Crippen MR) is 56.7 cm³/mol. The summed E-state index contributed by atoms with van der Waals surface area (Å²) in [5.41, 5.74) is 0. The first-order chi connectivity index (χ1) is 5.38. The monoisotopic (exact) mass is 243 g/mol. The van der Waals surface area contributed by atoms with Crippen molar-refractivity contribution in [3.8, 4) is 0 Å². The first-order valence-corrected chi connectivity index (χ1v) is 4.15. The van der Waals surface area contributed by atoms with Crippen LogP contribution in [0.25, 0.3) is 10.8 Å². The van der Waals surface area contributed by atoms with Crippen LogP contribution in [0.5, 0.6) is 0 Å². The minimum atomic E-state index is 0. The standard InChI is InChI=1S/C9H6BrN.ClH/c10-9-3-1-2-7-4-5-11-6-8(7)9;/h1-6H;1H. The average molecular weight is 245 g/mol. The lowest BCUT2D eigenvalue weighted by atomic mass is 10.2. The number of nitrogens with zero attached hydrogens (tertiary/aromatic N) is 1. The van der Waals surface area contributed by atoms with E-state index in [0.29, 0.717) is 0 Å². The summed E-state index contributed by atoms with van der Waals surface area (Å²) < 4.78 is 1.10. The Morgan fingerprint density at radius 2 is 2.00 bits per heavy atom. The van der Waals surface area contributed by atoms with Gasteiger partial charge in [0.15, 0.2) is 0 Å². The van der Waals surface area contributed by atoms with E-state index in [-0.39, 0.29) is 12.4 Å². The molecular formula is C9H7BrClN. The molecule has 0 amide bonds. The number of pyridine rings is 1. The van der Waals surface area contributed by atoms with E-state index in [9.17, 15) is 0 Å². The van der Waals surface area contributed by atoms with Gasteiger partial charge < -0.3 is 0 Å². The highest BCUT2D eigenvalue weighted by molar-refractivity contribution is 9.10. The molecule has 62 valence electrons. The molecule has 1 nitrogen and oxygen atoms in total. The van der Waals surface area contributed by atoms with Crippen molar-refractivity contribution >= 4 is 39.1 Å². The van der Waals surface area contributed by atoms with Gasteiger partial charge in [0.25, 0.3) is 0 Å². The Kier molecular flexibility index (Phi) is 3.06. The van der Waals surface area contributed by atoms with Gasteiger partial charge in [0.05, 0.1) is 0 Å². The van der Waals surface area contributed by atoms with Crippen molar-refractivity contribution in [1.29, 1.82) is 0 Å². The summed E-state index contributed by atoms with van der Waals surface area (Å²) in [6.45, 7) is 0. The highest BCUT2D eigenvalue weighted by atomic mass is 79.9. The topological polar surface area (TPSA) is 12.9 Å². The fourth-order valence-corrected chi connectivity index (χ4v) is 1.56. The molecule has 1 aromatic carbocycles. The molecule has 0 N–H and O–H groups in total. The minimum Gasteiger partial charge on any atom is -0.264 e. The zero-order valence-corrected chi connectivity index (χ0v) is 8.60. The zero-order chi connectivity index (χ0) is 7.68. The van der Waals surface area contributed by atoms with E-state index in [1.807, 2.05) is 24.4 Å². The van der Waals surface area contributed by atoms with E-state index in [1.54, 1.807) is 6.20 Å². The Morgan fingerprint density at radius 1 is 1.17 bits per heavy atom. The summed E-state index contributed by atoms with van der Waals surface area (Å²) in [5, 5.41) is 2.38. The number of halogens is 2. The zero-order valence-electron chi connectivity index (χ0n) is 6.20. The molecule has 0 aliphatic carbocycles. The molecule has 0 bridgehead atoms. The van der Waals surface area contributed by atoms with Crippen LogP contribution in [0.1, 0.15) is 0 Å². The molecule has 0 saturated heterocycles. The van der Waals surface area contributed by atoms with Gasteiger partial charge >= 0.3 is 0 Å². The maximum atomic E-state index is 4.04. The SMILES string of the molecule is Brc1cccc2ccncc12.Cl. The van der Waals surface area contributed by atoms with Crippen LogP contribution in [-0.4, -0.2) is 4.98 Å². The third-order valence-electron chi connectivity index (χ3n) is 1.63. The van der Waals surface area contributed by atoms with Gasteiger partial charge in [-0.3, -0.25) is 4.98 Å². The van der Waals surface area contributed by atoms with E-state index >= 15 is 0 Å². The van der Waals surface area contributed by atoms with Gasteiger partial charge in [-0.1, -0.05) is 28.1 Å². The number of hydrogen-bond donors (Lipinski definition) is 0. The van der Waals surface area contributed by atoms with Crippen molar-refractivity contribution in [1.82, 2.24) is 4.98 Å². The Balaban J connectivity index is 0.000000720. The summed E-state index contributed by atoms with van der Waals surface area (Å²) in [6.07, 6.45) is 3.66. The van der Waals surface area contributed by atoms with Crippen molar-refractivity contribution < 1.29 is 0 Å². The predicted octanol–water partition coefficient (Wildman–Crippen LogP) is 3.42. The smallest absolute Gasteiger partial charge is 0.0357 e. The molecule has 0 unspecified atom stereocenters. The molecule has 0 aliphatic heterocycles. The molecular weight excluding hydrogens is 237 g/mol. The molecule has 0 fully saturated rings. The number of hydrogen-bond acceptors (Lipinski definition) is 1. The summed E-state index contributed by atoms with van der Waals surface area (Å²) in [7, 11) is 0. The molecule has 1 aromatic heterocycles. The van der Waals surface area contributed by atoms with Crippen LogP contribution in [0.4, 0.5) is 0 Å². The molecule has 0 aliphatic rings. The highest BCUT2D eigenvalue weighted by Gasteiger charge is 1.94. The van der Waals surface area contributed by atoms with Gasteiger partial charge in [0.2, 0.25) is 0 Å². The Hall–Kier alpha value is -0.600. The maximum Gasteiger partial charge on any atom is 0.0357 e. The Bertz CT molecular complexity index is 384. The van der Waals surface area contributed by atoms with Gasteiger partial charge in [0.1, 0.15) is 0 Å². The summed E-state index contributed by atoms with van der Waals surface area (Å²) in [5.74, 6) is 0. The van der Waals surface area contributed by atoms with Crippen LogP contribution in [0.3, 0.4) is 0 Å². The maximum absolute atomic E-state index is 4.04. The quantitative estimate of drug-likeness (QED) is 0.692. The van der Waals surface area contributed by atoms with E-state index in [0.717, 1.165) is 9.86 Å². The Morgan fingerprint density at radius 3 is 2.75 bits per heavy atom. The van der Waals surface area contributed by atoms with Gasteiger partial charge in [0, 0.05) is 22.3 Å². The summed E-state index contributed by atoms with van der Waals surface area (Å²) in [4.78, 5) is 4.04. The lowest BCUT2D eigenvalue weighted by molar-refractivity contribution is 1.36. The van der Waals surface area contributed by atoms with Crippen LogP contribution >= 0.6 is 28.3 Å². The number of fused-ring (bicyclic) bond motifs is 1. The molecule has 0 radical (unpaired) electrons. The largest absolute Gasteiger partial charge is 0.264 e. The second-order valence-electron chi connectivity index (χ2n) is 2.34. The summed E-state index contributed by atoms with van der Waals surface area (Å²) in [6, 6.07) is 8.11. The van der Waals surface area contributed by atoms with Crippen LogP contribution in [-0.2, 0) is 0 Å². The minimum absolute atomic E-state index is 0. The second-order valence-corrected chi connectivity index (χ2v) is 3.19. The molecule has 0 saturated carbocycles. The average Bonchev–Trinajstić information content (AvgIpc) is 2.06. The first kappa shape index (κ1) is 9.49. The number of rotatable bonds is 0. The van der Waals surface area contributed by atoms with Crippen molar-refractivity contribution in [2.24, 2.45) is 0 Å². The Labute approximate surface area is 85.4 Å². The summed E-state index contributed by atoms with van der Waals surface area (Å²) >= 11 is 3.46. The van der Waals surface area contributed by atoms with Gasteiger partial charge in [-0.25, -0.2) is 0 Å². The van der Waals surface area contributed by atoms with Gasteiger partial charge in [-0.15, -0.1) is 12.4 Å². The fraction of sp³-hybridized carbons (Fsp3) is 0. The van der Waals surface area contributed by atoms with Crippen LogP contribution in [0.2, 0.25) is 0 Å². The molecule has 2 rings (SSSR count). The molecule has 3 heteroatoms. The van der Waals surface area contributed by atoms with E-state index < -0.39 is 0 Å². The molecule has 1 heterocycles. The van der Waals surface area contributed by atoms with Crippen molar-refractivity contribution in [3.63, 3.8) is 0 Å². The van der Waals surface area contributed by atoms with Crippen molar-refractivity contribution in [3.05, 3.63) is 41.1 Å². The third-order valence-corrected chi connectivity index (χ3v) is 2.32. The normalized spacial score (nSPS) is 9.42. The molecule has 12 heavy (non-hydrogen) atoms. The number of aromatic nitrogens is 1. The van der Waals surface area contributed by atoms with E-state index in [2.05, 4.69) is 27.0 Å². The molecule has 0 spiro atoms. The van der Waals surface area contributed by atoms with E-state index in [1.165, 1.54) is 5.39 Å². The molecule has 0 atom stereocenters. The molecule has 2 aromatic rings. The highest BCUT2D eigenvalue weighted by Crippen LogP contribution is 2.21. The second kappa shape index (κ2) is 3.87. The lowest BCUT2D eigenvalue weighted by Gasteiger charge is -1.96. The van der Waals surface area contributed by atoms with Crippen LogP contribution in [0.15, 0.2) is 41.1 Å². The van der Waals surface area contributed by atoms with Crippen molar-refractivity contribution in [2.45, 2.75) is 0 Å². The number of benzene rings is 1. The third kappa shape index (κ3) is 1.59.